The molecule has 0 spiro atoms. The van der Waals surface area contributed by atoms with Crippen molar-refractivity contribution in [3.05, 3.63) is 0 Å². The van der Waals surface area contributed by atoms with E-state index in [1.807, 2.05) is 0 Å². The molecule has 12 heavy (non-hydrogen) atoms. The molecule has 0 bridgehead atoms. The quantitative estimate of drug-likeness (QED) is 0.588. The van der Waals surface area contributed by atoms with Crippen molar-refractivity contribution >= 4 is 0 Å². The number of nitrogens with one attached hydrogen (secondary N) is 1. The van der Waals surface area contributed by atoms with Crippen LogP contribution in [0.2, 0.25) is 0 Å². The maximum absolute atomic E-state index is 8.62. The van der Waals surface area contributed by atoms with Crippen LogP contribution in [0.4, 0.5) is 0 Å². The first kappa shape index (κ1) is 9.96. The molecule has 2 N–H and O–H groups in total. The lowest BCUT2D eigenvalue weighted by Gasteiger charge is -2.30. The van der Waals surface area contributed by atoms with Crippen molar-refractivity contribution < 1.29 is 5.11 Å². The van der Waals surface area contributed by atoms with Crippen LogP contribution in [0, 0.1) is 0 Å². The molecule has 1 fully saturated rings. The fourth-order valence-electron chi connectivity index (χ4n) is 1.69. The summed E-state index contributed by atoms with van der Waals surface area (Å²) in [6, 6.07) is 0.648. The molecule has 0 amide bonds. The number of aliphatic hydroxyl groups is 1. The van der Waals surface area contributed by atoms with Gasteiger partial charge in [0.15, 0.2) is 0 Å². The summed E-state index contributed by atoms with van der Waals surface area (Å²) in [7, 11) is 2.17. The predicted octanol–water partition coefficient (Wildman–Crippen LogP) is 0.0526. The first-order valence-electron chi connectivity index (χ1n) is 4.85. The highest BCUT2D eigenvalue weighted by atomic mass is 16.2. The molecule has 0 aromatic heterocycles. The third-order valence-corrected chi connectivity index (χ3v) is 2.42. The lowest BCUT2D eigenvalue weighted by Crippen LogP contribution is -2.48. The van der Waals surface area contributed by atoms with E-state index < -0.39 is 0 Å². The zero-order chi connectivity index (χ0) is 8.81. The fourth-order valence-corrected chi connectivity index (χ4v) is 1.69. The maximum Gasteiger partial charge on any atom is 0.0431 e. The van der Waals surface area contributed by atoms with Gasteiger partial charge < -0.3 is 15.3 Å². The predicted molar refractivity (Wildman–Crippen MR) is 50.2 cm³/mol. The summed E-state index contributed by atoms with van der Waals surface area (Å²) in [4.78, 5) is 2.36. The molecule has 0 saturated carbocycles. The van der Waals surface area contributed by atoms with Gasteiger partial charge in [-0.1, -0.05) is 0 Å². The van der Waals surface area contributed by atoms with Gasteiger partial charge in [-0.05, 0) is 26.3 Å². The van der Waals surface area contributed by atoms with Crippen LogP contribution in [0.15, 0.2) is 0 Å². The average Bonchev–Trinajstić information content (AvgIpc) is 2.05. The summed E-state index contributed by atoms with van der Waals surface area (Å²) < 4.78 is 0. The van der Waals surface area contributed by atoms with Crippen molar-refractivity contribution in [2.45, 2.75) is 25.3 Å². The Morgan fingerprint density at radius 3 is 3.00 bits per heavy atom. The molecular formula is C9H20N2O. The van der Waals surface area contributed by atoms with Gasteiger partial charge in [0.2, 0.25) is 0 Å². The second-order valence-corrected chi connectivity index (χ2v) is 3.63. The number of nitrogens with zero attached hydrogens (tertiary/aromatic N) is 1. The molecule has 1 saturated heterocycles. The summed E-state index contributed by atoms with van der Waals surface area (Å²) in [5.41, 5.74) is 0. The smallest absolute Gasteiger partial charge is 0.0431 e. The van der Waals surface area contributed by atoms with Crippen molar-refractivity contribution in [2.24, 2.45) is 0 Å². The van der Waals surface area contributed by atoms with Crippen molar-refractivity contribution in [1.82, 2.24) is 10.2 Å². The number of piperazine rings is 1. The van der Waals surface area contributed by atoms with Crippen LogP contribution < -0.4 is 5.32 Å². The molecule has 1 aliphatic rings. The van der Waals surface area contributed by atoms with Gasteiger partial charge in [-0.2, -0.15) is 0 Å². The zero-order valence-corrected chi connectivity index (χ0v) is 7.92. The second kappa shape index (κ2) is 5.51. The number of hydrogen-bond acceptors (Lipinski definition) is 3. The minimum atomic E-state index is 0.336. The largest absolute Gasteiger partial charge is 0.396 e. The molecule has 1 unspecified atom stereocenters. The van der Waals surface area contributed by atoms with Crippen molar-refractivity contribution in [3.63, 3.8) is 0 Å². The van der Waals surface area contributed by atoms with Crippen LogP contribution in [-0.4, -0.2) is 49.3 Å². The minimum Gasteiger partial charge on any atom is -0.396 e. The van der Waals surface area contributed by atoms with Crippen molar-refractivity contribution in [2.75, 3.05) is 33.3 Å². The molecular weight excluding hydrogens is 152 g/mol. The Morgan fingerprint density at radius 2 is 2.33 bits per heavy atom. The molecule has 1 aliphatic heterocycles. The highest BCUT2D eigenvalue weighted by molar-refractivity contribution is 4.76. The van der Waals surface area contributed by atoms with E-state index in [1.54, 1.807) is 0 Å². The Bertz CT molecular complexity index is 119. The lowest BCUT2D eigenvalue weighted by molar-refractivity contribution is 0.223. The van der Waals surface area contributed by atoms with Crippen molar-refractivity contribution in [1.29, 1.82) is 0 Å². The van der Waals surface area contributed by atoms with E-state index in [0.29, 0.717) is 12.6 Å². The van der Waals surface area contributed by atoms with E-state index >= 15 is 0 Å². The monoisotopic (exact) mass is 172 g/mol. The Morgan fingerprint density at radius 1 is 1.50 bits per heavy atom. The van der Waals surface area contributed by atoms with Gasteiger partial charge in [0.1, 0.15) is 0 Å². The summed E-state index contributed by atoms with van der Waals surface area (Å²) in [5, 5.41) is 12.1. The fraction of sp³-hybridized carbons (Fsp3) is 1.00. The minimum absolute atomic E-state index is 0.336. The molecule has 3 nitrogen and oxygen atoms in total. The van der Waals surface area contributed by atoms with E-state index in [-0.39, 0.29) is 0 Å². The van der Waals surface area contributed by atoms with Crippen LogP contribution in [0.1, 0.15) is 19.3 Å². The van der Waals surface area contributed by atoms with Gasteiger partial charge in [-0.25, -0.2) is 0 Å². The second-order valence-electron chi connectivity index (χ2n) is 3.63. The molecule has 1 heterocycles. The summed E-state index contributed by atoms with van der Waals surface area (Å²) in [6.07, 6.45) is 3.29. The molecule has 1 atom stereocenters. The number of rotatable bonds is 4. The van der Waals surface area contributed by atoms with Gasteiger partial charge in [0.25, 0.3) is 0 Å². The number of likely N-dealkylation sites (N-methyl/N-ethyl adjacent to an activating group) is 1. The zero-order valence-electron chi connectivity index (χ0n) is 7.92. The first-order chi connectivity index (χ1) is 5.83. The van der Waals surface area contributed by atoms with Crippen LogP contribution in [0.25, 0.3) is 0 Å². The Labute approximate surface area is 74.8 Å². The topological polar surface area (TPSA) is 35.5 Å². The van der Waals surface area contributed by atoms with Crippen LogP contribution in [-0.2, 0) is 0 Å². The molecule has 0 aromatic carbocycles. The number of hydrogen-bond donors (Lipinski definition) is 2. The summed E-state index contributed by atoms with van der Waals surface area (Å²) in [6.45, 7) is 3.77. The van der Waals surface area contributed by atoms with E-state index in [0.717, 1.165) is 32.5 Å². The van der Waals surface area contributed by atoms with Gasteiger partial charge in [-0.3, -0.25) is 0 Å². The Hall–Kier alpha value is -0.120. The van der Waals surface area contributed by atoms with Crippen LogP contribution in [0.3, 0.4) is 0 Å². The third kappa shape index (κ3) is 3.52. The third-order valence-electron chi connectivity index (χ3n) is 2.42. The highest BCUT2D eigenvalue weighted by Crippen LogP contribution is 2.04. The van der Waals surface area contributed by atoms with Crippen molar-refractivity contribution in [3.8, 4) is 0 Å². The molecule has 0 radical (unpaired) electrons. The van der Waals surface area contributed by atoms with E-state index in [4.69, 9.17) is 5.11 Å². The van der Waals surface area contributed by atoms with E-state index in [2.05, 4.69) is 17.3 Å². The van der Waals surface area contributed by atoms with E-state index in [1.165, 1.54) is 6.42 Å². The summed E-state index contributed by atoms with van der Waals surface area (Å²) in [5.74, 6) is 0. The molecule has 0 aromatic rings. The van der Waals surface area contributed by atoms with Gasteiger partial charge >= 0.3 is 0 Å². The van der Waals surface area contributed by atoms with Gasteiger partial charge in [0, 0.05) is 32.3 Å². The Kier molecular flexibility index (Phi) is 4.58. The maximum atomic E-state index is 8.62. The van der Waals surface area contributed by atoms with E-state index in [9.17, 15) is 0 Å². The molecule has 72 valence electrons. The highest BCUT2D eigenvalue weighted by Gasteiger charge is 2.14. The lowest BCUT2D eigenvalue weighted by atomic mass is 10.1. The summed E-state index contributed by atoms with van der Waals surface area (Å²) >= 11 is 0. The van der Waals surface area contributed by atoms with Crippen LogP contribution in [0.5, 0.6) is 0 Å². The Balaban J connectivity index is 2.06. The van der Waals surface area contributed by atoms with Gasteiger partial charge in [-0.15, -0.1) is 0 Å². The molecule has 3 heteroatoms. The van der Waals surface area contributed by atoms with Crippen LogP contribution >= 0.6 is 0 Å². The standard InChI is InChI=1S/C9H20N2O/c1-11-6-5-10-9(8-11)4-2-3-7-12/h9-10,12H,2-8H2,1H3. The average molecular weight is 172 g/mol. The SMILES string of the molecule is CN1CCNC(CCCCO)C1. The number of unbranched alkanes of at least 4 members (excludes halogenated alkanes) is 1. The number of aliphatic hydroxyl groups excluding tert-OH is 1. The molecule has 0 aliphatic carbocycles. The molecule has 1 rings (SSSR count). The van der Waals surface area contributed by atoms with Gasteiger partial charge in [0.05, 0.1) is 0 Å². The first-order valence-corrected chi connectivity index (χ1v) is 4.85. The normalized spacial score (nSPS) is 26.0.